The lowest BCUT2D eigenvalue weighted by Gasteiger charge is -2.33. The summed E-state index contributed by atoms with van der Waals surface area (Å²) in [6.07, 6.45) is 0. The number of furan rings is 1. The summed E-state index contributed by atoms with van der Waals surface area (Å²) in [6, 6.07) is 10.7. The molecule has 0 unspecified atom stereocenters. The van der Waals surface area contributed by atoms with Crippen molar-refractivity contribution in [1.29, 1.82) is 0 Å². The van der Waals surface area contributed by atoms with Gasteiger partial charge in [0.25, 0.3) is 0 Å². The number of aromatic carboxylic acids is 1. The molecule has 0 saturated carbocycles. The van der Waals surface area contributed by atoms with E-state index in [-0.39, 0.29) is 18.3 Å². The van der Waals surface area contributed by atoms with Crippen LogP contribution < -0.4 is 4.74 Å². The minimum Gasteiger partial charge on any atom is -0.486 e. The van der Waals surface area contributed by atoms with Crippen molar-refractivity contribution >= 4 is 11.9 Å². The fourth-order valence-electron chi connectivity index (χ4n) is 2.90. The van der Waals surface area contributed by atoms with Crippen LogP contribution in [-0.2, 0) is 17.9 Å². The molecule has 7 nitrogen and oxygen atoms in total. The molecule has 1 N–H and O–H groups in total. The molecule has 0 spiro atoms. The fourth-order valence-corrected chi connectivity index (χ4v) is 2.90. The lowest BCUT2D eigenvalue weighted by molar-refractivity contribution is -0.135. The van der Waals surface area contributed by atoms with E-state index in [1.165, 1.54) is 6.07 Å². The molecule has 0 aliphatic carbocycles. The van der Waals surface area contributed by atoms with Crippen LogP contribution in [0.2, 0.25) is 0 Å². The third-order valence-electron chi connectivity index (χ3n) is 4.36. The van der Waals surface area contributed by atoms with Gasteiger partial charge in [0, 0.05) is 26.2 Å². The van der Waals surface area contributed by atoms with Gasteiger partial charge in [0.15, 0.2) is 0 Å². The number of hydrogen-bond acceptors (Lipinski definition) is 5. The molecule has 1 saturated heterocycles. The summed E-state index contributed by atoms with van der Waals surface area (Å²) in [6.45, 7) is 5.76. The number of carboxylic acids is 1. The normalized spacial score (nSPS) is 15.3. The number of rotatable bonds is 7. The van der Waals surface area contributed by atoms with Crippen molar-refractivity contribution < 1.29 is 23.8 Å². The molecule has 0 radical (unpaired) electrons. The molecule has 1 fully saturated rings. The first kappa shape index (κ1) is 18.0. The van der Waals surface area contributed by atoms with E-state index in [0.717, 1.165) is 31.7 Å². The number of nitrogens with zero attached hydrogens (tertiary/aromatic N) is 2. The third kappa shape index (κ3) is 4.43. The summed E-state index contributed by atoms with van der Waals surface area (Å²) in [7, 11) is 0. The first-order valence-corrected chi connectivity index (χ1v) is 8.59. The molecular formula is C19H22N2O5. The van der Waals surface area contributed by atoms with Gasteiger partial charge >= 0.3 is 5.97 Å². The molecule has 0 bridgehead atoms. The maximum absolute atomic E-state index is 12.0. The highest BCUT2D eigenvalue weighted by atomic mass is 16.5. The van der Waals surface area contributed by atoms with Crippen molar-refractivity contribution in [1.82, 2.24) is 9.80 Å². The van der Waals surface area contributed by atoms with E-state index in [0.29, 0.717) is 18.1 Å². The number of ether oxygens (including phenoxy) is 1. The topological polar surface area (TPSA) is 83.2 Å². The van der Waals surface area contributed by atoms with E-state index in [4.69, 9.17) is 14.3 Å². The second kappa shape index (κ2) is 8.05. The van der Waals surface area contributed by atoms with Crippen LogP contribution in [0.1, 0.15) is 28.8 Å². The summed E-state index contributed by atoms with van der Waals surface area (Å²) in [5.74, 6) is 0.112. The Balaban J connectivity index is 1.50. The van der Waals surface area contributed by atoms with Gasteiger partial charge in [-0.1, -0.05) is 12.1 Å². The molecular weight excluding hydrogens is 336 g/mol. The highest BCUT2D eigenvalue weighted by Crippen LogP contribution is 2.17. The van der Waals surface area contributed by atoms with Gasteiger partial charge in [-0.15, -0.1) is 0 Å². The minimum absolute atomic E-state index is 0.100. The molecule has 1 aromatic carbocycles. The summed E-state index contributed by atoms with van der Waals surface area (Å²) in [5, 5.41) is 8.83. The number of hydrogen-bond donors (Lipinski definition) is 1. The SMILES string of the molecule is CCN1CCN(Cc2ccc(OCc3ccc(C(=O)O)o3)cc2)CC1=O. The van der Waals surface area contributed by atoms with Crippen LogP contribution in [0.15, 0.2) is 40.8 Å². The predicted octanol–water partition coefficient (Wildman–Crippen LogP) is 2.22. The molecule has 3 rings (SSSR count). The maximum Gasteiger partial charge on any atom is 0.371 e. The van der Waals surface area contributed by atoms with Gasteiger partial charge in [-0.3, -0.25) is 9.69 Å². The van der Waals surface area contributed by atoms with Crippen LogP contribution in [-0.4, -0.2) is 53.0 Å². The zero-order chi connectivity index (χ0) is 18.5. The molecule has 7 heteroatoms. The third-order valence-corrected chi connectivity index (χ3v) is 4.36. The monoisotopic (exact) mass is 358 g/mol. The Morgan fingerprint density at radius 3 is 2.58 bits per heavy atom. The molecule has 0 atom stereocenters. The molecule has 138 valence electrons. The van der Waals surface area contributed by atoms with Crippen LogP contribution in [0.4, 0.5) is 0 Å². The number of piperazine rings is 1. The van der Waals surface area contributed by atoms with Crippen molar-refractivity contribution in [2.75, 3.05) is 26.2 Å². The summed E-state index contributed by atoms with van der Waals surface area (Å²) in [4.78, 5) is 26.8. The Kier molecular flexibility index (Phi) is 5.58. The second-order valence-electron chi connectivity index (χ2n) is 6.19. The van der Waals surface area contributed by atoms with E-state index in [2.05, 4.69) is 4.90 Å². The average molecular weight is 358 g/mol. The Morgan fingerprint density at radius 1 is 1.19 bits per heavy atom. The number of carboxylic acid groups (broad SMARTS) is 1. The van der Waals surface area contributed by atoms with Crippen molar-refractivity contribution in [3.8, 4) is 5.75 Å². The van der Waals surface area contributed by atoms with Gasteiger partial charge < -0.3 is 19.2 Å². The Hall–Kier alpha value is -2.80. The highest BCUT2D eigenvalue weighted by Gasteiger charge is 2.22. The smallest absolute Gasteiger partial charge is 0.371 e. The van der Waals surface area contributed by atoms with Crippen molar-refractivity contribution in [2.24, 2.45) is 0 Å². The van der Waals surface area contributed by atoms with Gasteiger partial charge in [0.1, 0.15) is 18.1 Å². The van der Waals surface area contributed by atoms with Gasteiger partial charge in [-0.25, -0.2) is 4.79 Å². The zero-order valence-electron chi connectivity index (χ0n) is 14.7. The van der Waals surface area contributed by atoms with E-state index >= 15 is 0 Å². The van der Waals surface area contributed by atoms with Crippen LogP contribution in [0, 0.1) is 0 Å². The first-order valence-electron chi connectivity index (χ1n) is 8.59. The molecule has 1 aliphatic heterocycles. The molecule has 2 heterocycles. The van der Waals surface area contributed by atoms with E-state index in [9.17, 15) is 9.59 Å². The van der Waals surface area contributed by atoms with Gasteiger partial charge in [0.05, 0.1) is 6.54 Å². The van der Waals surface area contributed by atoms with E-state index in [1.807, 2.05) is 36.1 Å². The van der Waals surface area contributed by atoms with Crippen LogP contribution >= 0.6 is 0 Å². The van der Waals surface area contributed by atoms with Crippen molar-refractivity contribution in [3.05, 3.63) is 53.5 Å². The molecule has 2 aromatic rings. The number of carbonyl (C=O) groups is 2. The highest BCUT2D eigenvalue weighted by molar-refractivity contribution is 5.84. The maximum atomic E-state index is 12.0. The van der Waals surface area contributed by atoms with Gasteiger partial charge in [-0.05, 0) is 36.8 Å². The lowest BCUT2D eigenvalue weighted by atomic mass is 10.2. The fraction of sp³-hybridized carbons (Fsp3) is 0.368. The van der Waals surface area contributed by atoms with E-state index < -0.39 is 5.97 Å². The van der Waals surface area contributed by atoms with Crippen molar-refractivity contribution in [3.63, 3.8) is 0 Å². The number of likely N-dealkylation sites (N-methyl/N-ethyl adjacent to an activating group) is 1. The van der Waals surface area contributed by atoms with Crippen LogP contribution in [0.5, 0.6) is 5.75 Å². The first-order chi connectivity index (χ1) is 12.5. The average Bonchev–Trinajstić information content (AvgIpc) is 3.11. The number of benzene rings is 1. The zero-order valence-corrected chi connectivity index (χ0v) is 14.7. The molecule has 1 aromatic heterocycles. The Morgan fingerprint density at radius 2 is 1.96 bits per heavy atom. The van der Waals surface area contributed by atoms with Crippen LogP contribution in [0.25, 0.3) is 0 Å². The largest absolute Gasteiger partial charge is 0.486 e. The van der Waals surface area contributed by atoms with Gasteiger partial charge in [0.2, 0.25) is 11.7 Å². The second-order valence-corrected chi connectivity index (χ2v) is 6.19. The quantitative estimate of drug-likeness (QED) is 0.817. The summed E-state index contributed by atoms with van der Waals surface area (Å²) < 4.78 is 10.8. The minimum atomic E-state index is -1.10. The molecule has 1 aliphatic rings. The molecule has 1 amide bonds. The standard InChI is InChI=1S/C19H22N2O5/c1-2-21-10-9-20(12-18(21)22)11-14-3-5-15(6-4-14)25-13-16-7-8-17(26-16)19(23)24/h3-8H,2,9-13H2,1H3,(H,23,24). The Bertz CT molecular complexity index is 768. The summed E-state index contributed by atoms with van der Waals surface area (Å²) >= 11 is 0. The number of carbonyl (C=O) groups excluding carboxylic acids is 1. The van der Waals surface area contributed by atoms with Crippen LogP contribution in [0.3, 0.4) is 0 Å². The summed E-state index contributed by atoms with van der Waals surface area (Å²) in [5.41, 5.74) is 1.11. The van der Waals surface area contributed by atoms with E-state index in [1.54, 1.807) is 6.07 Å². The Labute approximate surface area is 151 Å². The lowest BCUT2D eigenvalue weighted by Crippen LogP contribution is -2.49. The van der Waals surface area contributed by atoms with Gasteiger partial charge in [-0.2, -0.15) is 0 Å². The van der Waals surface area contributed by atoms with Crippen molar-refractivity contribution in [2.45, 2.75) is 20.1 Å². The number of amides is 1. The predicted molar refractivity (Wildman–Crippen MR) is 94.0 cm³/mol. The molecule has 26 heavy (non-hydrogen) atoms.